The SMILES string of the molecule is COc1ccc(OC)c(NC(=O)CN(Cc2ccccc2)S(=O)(=O)c2cc(C)ccc2C)c1. The van der Waals surface area contributed by atoms with Crippen LogP contribution in [0.25, 0.3) is 0 Å². The van der Waals surface area contributed by atoms with E-state index in [9.17, 15) is 13.2 Å². The summed E-state index contributed by atoms with van der Waals surface area (Å²) in [7, 11) is -0.942. The van der Waals surface area contributed by atoms with Crippen molar-refractivity contribution in [1.82, 2.24) is 4.31 Å². The Balaban J connectivity index is 1.93. The van der Waals surface area contributed by atoms with Gasteiger partial charge in [0.2, 0.25) is 15.9 Å². The molecular weight excluding hydrogens is 440 g/mol. The van der Waals surface area contributed by atoms with E-state index in [1.165, 1.54) is 18.5 Å². The number of ether oxygens (including phenoxy) is 2. The molecule has 0 aliphatic carbocycles. The number of hydrogen-bond acceptors (Lipinski definition) is 5. The third kappa shape index (κ3) is 5.91. The molecule has 0 saturated carbocycles. The lowest BCUT2D eigenvalue weighted by Crippen LogP contribution is -2.38. The highest BCUT2D eigenvalue weighted by Crippen LogP contribution is 2.29. The van der Waals surface area contributed by atoms with Gasteiger partial charge >= 0.3 is 0 Å². The molecular formula is C25H28N2O5S. The lowest BCUT2D eigenvalue weighted by atomic mass is 10.2. The van der Waals surface area contributed by atoms with Gasteiger partial charge in [-0.05, 0) is 48.7 Å². The van der Waals surface area contributed by atoms with Crippen molar-refractivity contribution in [3.05, 3.63) is 83.4 Å². The zero-order valence-electron chi connectivity index (χ0n) is 19.2. The van der Waals surface area contributed by atoms with Gasteiger partial charge in [0.1, 0.15) is 11.5 Å². The summed E-state index contributed by atoms with van der Waals surface area (Å²) in [6.45, 7) is 3.26. The number of carbonyl (C=O) groups excluding carboxylic acids is 1. The average molecular weight is 469 g/mol. The first kappa shape index (κ1) is 24.3. The lowest BCUT2D eigenvalue weighted by Gasteiger charge is -2.23. The van der Waals surface area contributed by atoms with Gasteiger partial charge < -0.3 is 14.8 Å². The Bertz CT molecular complexity index is 1230. The van der Waals surface area contributed by atoms with E-state index < -0.39 is 15.9 Å². The molecule has 0 saturated heterocycles. The lowest BCUT2D eigenvalue weighted by molar-refractivity contribution is -0.116. The van der Waals surface area contributed by atoms with Gasteiger partial charge in [0.15, 0.2) is 0 Å². The molecule has 0 fully saturated rings. The highest BCUT2D eigenvalue weighted by Gasteiger charge is 2.28. The molecule has 8 heteroatoms. The number of benzene rings is 3. The minimum atomic E-state index is -3.95. The van der Waals surface area contributed by atoms with Crippen molar-refractivity contribution in [2.45, 2.75) is 25.3 Å². The van der Waals surface area contributed by atoms with Crippen LogP contribution in [0.2, 0.25) is 0 Å². The zero-order valence-corrected chi connectivity index (χ0v) is 20.0. The van der Waals surface area contributed by atoms with Crippen molar-refractivity contribution in [2.24, 2.45) is 0 Å². The summed E-state index contributed by atoms with van der Waals surface area (Å²) in [4.78, 5) is 13.2. The second kappa shape index (κ2) is 10.5. The summed E-state index contributed by atoms with van der Waals surface area (Å²) < 4.78 is 39.0. The van der Waals surface area contributed by atoms with Crippen LogP contribution in [0.4, 0.5) is 5.69 Å². The zero-order chi connectivity index (χ0) is 24.0. The number of amides is 1. The second-order valence-corrected chi connectivity index (χ2v) is 9.55. The van der Waals surface area contributed by atoms with Crippen LogP contribution in [0.3, 0.4) is 0 Å². The van der Waals surface area contributed by atoms with Crippen molar-refractivity contribution in [1.29, 1.82) is 0 Å². The van der Waals surface area contributed by atoms with Crippen LogP contribution < -0.4 is 14.8 Å². The maximum Gasteiger partial charge on any atom is 0.244 e. The van der Waals surface area contributed by atoms with Crippen LogP contribution in [0.15, 0.2) is 71.6 Å². The summed E-state index contributed by atoms with van der Waals surface area (Å²) in [6, 6.07) is 19.4. The Hall–Kier alpha value is -3.36. The predicted octanol–water partition coefficient (Wildman–Crippen LogP) is 4.15. The molecule has 1 N–H and O–H groups in total. The van der Waals surface area contributed by atoms with Crippen molar-refractivity contribution in [3.8, 4) is 11.5 Å². The molecule has 3 aromatic rings. The summed E-state index contributed by atoms with van der Waals surface area (Å²) >= 11 is 0. The first-order valence-electron chi connectivity index (χ1n) is 10.4. The molecule has 33 heavy (non-hydrogen) atoms. The van der Waals surface area contributed by atoms with Crippen LogP contribution in [-0.2, 0) is 21.4 Å². The maximum absolute atomic E-state index is 13.6. The van der Waals surface area contributed by atoms with Crippen LogP contribution in [0, 0.1) is 13.8 Å². The van der Waals surface area contributed by atoms with E-state index in [1.54, 1.807) is 37.3 Å². The van der Waals surface area contributed by atoms with E-state index in [0.29, 0.717) is 22.7 Å². The van der Waals surface area contributed by atoms with Crippen LogP contribution in [0.5, 0.6) is 11.5 Å². The van der Waals surface area contributed by atoms with Crippen molar-refractivity contribution >= 4 is 21.6 Å². The minimum absolute atomic E-state index is 0.0548. The van der Waals surface area contributed by atoms with E-state index >= 15 is 0 Å². The largest absolute Gasteiger partial charge is 0.497 e. The third-order valence-electron chi connectivity index (χ3n) is 5.16. The Labute approximate surface area is 195 Å². The van der Waals surface area contributed by atoms with Gasteiger partial charge in [-0.15, -0.1) is 0 Å². The first-order chi connectivity index (χ1) is 15.7. The predicted molar refractivity (Wildman–Crippen MR) is 128 cm³/mol. The third-order valence-corrected chi connectivity index (χ3v) is 7.10. The maximum atomic E-state index is 13.6. The molecule has 0 unspecified atom stereocenters. The number of methoxy groups -OCH3 is 2. The van der Waals surface area contributed by atoms with Crippen LogP contribution in [-0.4, -0.2) is 39.4 Å². The second-order valence-electron chi connectivity index (χ2n) is 7.64. The van der Waals surface area contributed by atoms with Gasteiger partial charge in [-0.2, -0.15) is 4.31 Å². The fraction of sp³-hybridized carbons (Fsp3) is 0.240. The summed E-state index contributed by atoms with van der Waals surface area (Å²) in [5.74, 6) is 0.484. The molecule has 1 amide bonds. The molecule has 0 bridgehead atoms. The van der Waals surface area contributed by atoms with E-state index in [-0.39, 0.29) is 18.0 Å². The molecule has 0 aliphatic rings. The number of hydrogen-bond donors (Lipinski definition) is 1. The number of nitrogens with zero attached hydrogens (tertiary/aromatic N) is 1. The Morgan fingerprint density at radius 1 is 0.939 bits per heavy atom. The number of aryl methyl sites for hydroxylation is 2. The minimum Gasteiger partial charge on any atom is -0.497 e. The number of carbonyl (C=O) groups is 1. The average Bonchev–Trinajstić information content (AvgIpc) is 2.80. The Kier molecular flexibility index (Phi) is 7.73. The number of rotatable bonds is 9. The quantitative estimate of drug-likeness (QED) is 0.510. The summed E-state index contributed by atoms with van der Waals surface area (Å²) in [5.41, 5.74) is 2.61. The van der Waals surface area contributed by atoms with Crippen LogP contribution in [0.1, 0.15) is 16.7 Å². The topological polar surface area (TPSA) is 84.9 Å². The van der Waals surface area contributed by atoms with Crippen molar-refractivity contribution in [3.63, 3.8) is 0 Å². The van der Waals surface area contributed by atoms with Crippen molar-refractivity contribution in [2.75, 3.05) is 26.1 Å². The molecule has 0 aromatic heterocycles. The molecule has 3 aromatic carbocycles. The molecule has 7 nitrogen and oxygen atoms in total. The fourth-order valence-electron chi connectivity index (χ4n) is 3.40. The molecule has 0 aliphatic heterocycles. The summed E-state index contributed by atoms with van der Waals surface area (Å²) in [6.07, 6.45) is 0. The number of anilines is 1. The smallest absolute Gasteiger partial charge is 0.244 e. The van der Waals surface area contributed by atoms with Gasteiger partial charge in [0.05, 0.1) is 31.3 Å². The summed E-state index contributed by atoms with van der Waals surface area (Å²) in [5, 5.41) is 2.75. The highest BCUT2D eigenvalue weighted by molar-refractivity contribution is 7.89. The van der Waals surface area contributed by atoms with Gasteiger partial charge in [0, 0.05) is 12.6 Å². The van der Waals surface area contributed by atoms with E-state index in [0.717, 1.165) is 11.1 Å². The number of nitrogens with one attached hydrogen (secondary N) is 1. The normalized spacial score (nSPS) is 11.3. The number of sulfonamides is 1. The molecule has 174 valence electrons. The monoisotopic (exact) mass is 468 g/mol. The molecule has 0 radical (unpaired) electrons. The first-order valence-corrected chi connectivity index (χ1v) is 11.8. The standard InChI is InChI=1S/C25H28N2O5S/c1-18-10-11-19(2)24(14-18)33(29,30)27(16-20-8-6-5-7-9-20)17-25(28)26-22-15-21(31-3)12-13-23(22)32-4/h5-15H,16-17H2,1-4H3,(H,26,28). The Morgan fingerprint density at radius 2 is 1.67 bits per heavy atom. The van der Waals surface area contributed by atoms with Gasteiger partial charge in [-0.3, -0.25) is 4.79 Å². The molecule has 0 atom stereocenters. The molecule has 3 rings (SSSR count). The van der Waals surface area contributed by atoms with Crippen molar-refractivity contribution < 1.29 is 22.7 Å². The van der Waals surface area contributed by atoms with Crippen LogP contribution >= 0.6 is 0 Å². The highest BCUT2D eigenvalue weighted by atomic mass is 32.2. The Morgan fingerprint density at radius 3 is 2.33 bits per heavy atom. The van der Waals surface area contributed by atoms with E-state index in [1.807, 2.05) is 43.3 Å². The van der Waals surface area contributed by atoms with Gasteiger partial charge in [-0.1, -0.05) is 42.5 Å². The fourth-order valence-corrected chi connectivity index (χ4v) is 5.09. The molecule has 0 spiro atoms. The van der Waals surface area contributed by atoms with Gasteiger partial charge in [-0.25, -0.2) is 8.42 Å². The van der Waals surface area contributed by atoms with E-state index in [2.05, 4.69) is 5.32 Å². The van der Waals surface area contributed by atoms with Gasteiger partial charge in [0.25, 0.3) is 0 Å². The molecule has 0 heterocycles. The van der Waals surface area contributed by atoms with E-state index in [4.69, 9.17) is 9.47 Å².